The van der Waals surface area contributed by atoms with Crippen molar-refractivity contribution in [2.75, 3.05) is 0 Å². The Balaban J connectivity index is 2.58. The maximum Gasteiger partial charge on any atom is 0.325 e. The van der Waals surface area contributed by atoms with Gasteiger partial charge in [0.25, 0.3) is 0 Å². The standard InChI is InChI=1S/C9H8BrN3O2/c10-6-2-4(7(11)9(14)15)1-5-3-12-13-8(5)6/h1-3,7H,11H2,(H,12,13)(H,14,15). The van der Waals surface area contributed by atoms with E-state index in [0.29, 0.717) is 5.56 Å². The van der Waals surface area contributed by atoms with E-state index >= 15 is 0 Å². The van der Waals surface area contributed by atoms with Crippen LogP contribution in [0.3, 0.4) is 0 Å². The van der Waals surface area contributed by atoms with Crippen molar-refractivity contribution in [3.63, 3.8) is 0 Å². The SMILES string of the molecule is NC(C(=O)O)c1cc(Br)c2[nH]ncc2c1. The second-order valence-electron chi connectivity index (χ2n) is 3.15. The van der Waals surface area contributed by atoms with Crippen LogP contribution in [0.5, 0.6) is 0 Å². The normalized spacial score (nSPS) is 12.9. The monoisotopic (exact) mass is 269 g/mol. The molecule has 0 aliphatic rings. The molecule has 0 radical (unpaired) electrons. The van der Waals surface area contributed by atoms with Crippen LogP contribution in [-0.2, 0) is 4.79 Å². The van der Waals surface area contributed by atoms with E-state index in [2.05, 4.69) is 26.1 Å². The van der Waals surface area contributed by atoms with Gasteiger partial charge in [0.05, 0.1) is 11.7 Å². The summed E-state index contributed by atoms with van der Waals surface area (Å²) < 4.78 is 0.754. The smallest absolute Gasteiger partial charge is 0.325 e. The van der Waals surface area contributed by atoms with Crippen LogP contribution in [0.25, 0.3) is 10.9 Å². The molecule has 0 saturated carbocycles. The Kier molecular flexibility index (Phi) is 2.45. The van der Waals surface area contributed by atoms with Crippen LogP contribution in [-0.4, -0.2) is 21.3 Å². The first-order valence-corrected chi connectivity index (χ1v) is 5.00. The molecule has 15 heavy (non-hydrogen) atoms. The van der Waals surface area contributed by atoms with Crippen LogP contribution in [0.1, 0.15) is 11.6 Å². The predicted octanol–water partition coefficient (Wildman–Crippen LogP) is 1.41. The summed E-state index contributed by atoms with van der Waals surface area (Å²) in [6.45, 7) is 0. The summed E-state index contributed by atoms with van der Waals surface area (Å²) in [5.74, 6) is -1.05. The molecule has 2 rings (SSSR count). The summed E-state index contributed by atoms with van der Waals surface area (Å²) in [6.07, 6.45) is 1.62. The molecule has 78 valence electrons. The Labute approximate surface area is 93.4 Å². The van der Waals surface area contributed by atoms with Gasteiger partial charge in [-0.3, -0.25) is 9.89 Å². The summed E-state index contributed by atoms with van der Waals surface area (Å²) in [5, 5.41) is 16.3. The topological polar surface area (TPSA) is 92.0 Å². The number of hydrogen-bond donors (Lipinski definition) is 3. The number of carboxylic acids is 1. The molecule has 0 aliphatic heterocycles. The molecule has 1 atom stereocenters. The summed E-state index contributed by atoms with van der Waals surface area (Å²) in [6, 6.07) is 2.38. The second kappa shape index (κ2) is 3.63. The van der Waals surface area contributed by atoms with Crippen molar-refractivity contribution >= 4 is 32.8 Å². The van der Waals surface area contributed by atoms with E-state index < -0.39 is 12.0 Å². The number of halogens is 1. The molecule has 1 aromatic carbocycles. The second-order valence-corrected chi connectivity index (χ2v) is 4.01. The van der Waals surface area contributed by atoms with Gasteiger partial charge in [-0.1, -0.05) is 0 Å². The lowest BCUT2D eigenvalue weighted by Crippen LogP contribution is -2.20. The molecular weight excluding hydrogens is 262 g/mol. The molecule has 2 aromatic rings. The number of nitrogens with zero attached hydrogens (tertiary/aromatic N) is 1. The maximum atomic E-state index is 10.7. The summed E-state index contributed by atoms with van der Waals surface area (Å²) in [4.78, 5) is 10.7. The van der Waals surface area contributed by atoms with Gasteiger partial charge in [0.1, 0.15) is 6.04 Å². The van der Waals surface area contributed by atoms with Crippen molar-refractivity contribution in [1.82, 2.24) is 10.2 Å². The van der Waals surface area contributed by atoms with E-state index in [0.717, 1.165) is 15.4 Å². The number of fused-ring (bicyclic) bond motifs is 1. The highest BCUT2D eigenvalue weighted by molar-refractivity contribution is 9.10. The molecule has 0 spiro atoms. The van der Waals surface area contributed by atoms with Gasteiger partial charge in [0.2, 0.25) is 0 Å². The highest BCUT2D eigenvalue weighted by atomic mass is 79.9. The van der Waals surface area contributed by atoms with Gasteiger partial charge in [-0.25, -0.2) is 0 Å². The molecule has 1 unspecified atom stereocenters. The average molecular weight is 270 g/mol. The van der Waals surface area contributed by atoms with Crippen LogP contribution >= 0.6 is 15.9 Å². The van der Waals surface area contributed by atoms with Gasteiger partial charge in [-0.05, 0) is 33.6 Å². The lowest BCUT2D eigenvalue weighted by atomic mass is 10.1. The van der Waals surface area contributed by atoms with Gasteiger partial charge < -0.3 is 10.8 Å². The fourth-order valence-corrected chi connectivity index (χ4v) is 1.94. The maximum absolute atomic E-state index is 10.7. The molecule has 0 saturated heterocycles. The fourth-order valence-electron chi connectivity index (χ4n) is 1.36. The number of carbonyl (C=O) groups is 1. The number of rotatable bonds is 2. The number of nitrogens with one attached hydrogen (secondary N) is 1. The molecule has 5 nitrogen and oxygen atoms in total. The van der Waals surface area contributed by atoms with Crippen molar-refractivity contribution in [3.05, 3.63) is 28.4 Å². The predicted molar refractivity (Wildman–Crippen MR) is 58.4 cm³/mol. The van der Waals surface area contributed by atoms with Crippen molar-refractivity contribution in [3.8, 4) is 0 Å². The third-order valence-corrected chi connectivity index (χ3v) is 2.77. The Hall–Kier alpha value is -1.40. The zero-order valence-electron chi connectivity index (χ0n) is 7.57. The third kappa shape index (κ3) is 1.73. The minimum Gasteiger partial charge on any atom is -0.480 e. The Bertz CT molecular complexity index is 523. The van der Waals surface area contributed by atoms with Crippen LogP contribution in [0.4, 0.5) is 0 Å². The largest absolute Gasteiger partial charge is 0.480 e. The quantitative estimate of drug-likeness (QED) is 0.769. The molecule has 1 aromatic heterocycles. The molecule has 0 amide bonds. The fraction of sp³-hybridized carbons (Fsp3) is 0.111. The van der Waals surface area contributed by atoms with Crippen molar-refractivity contribution in [1.29, 1.82) is 0 Å². The van der Waals surface area contributed by atoms with E-state index in [9.17, 15) is 4.79 Å². The first-order valence-electron chi connectivity index (χ1n) is 4.20. The lowest BCUT2D eigenvalue weighted by Gasteiger charge is -2.07. The minimum absolute atomic E-state index is 0.545. The Morgan fingerprint density at radius 2 is 2.33 bits per heavy atom. The van der Waals surface area contributed by atoms with E-state index in [-0.39, 0.29) is 0 Å². The minimum atomic E-state index is -1.05. The van der Waals surface area contributed by atoms with Crippen molar-refractivity contribution < 1.29 is 9.90 Å². The molecular formula is C9H8BrN3O2. The van der Waals surface area contributed by atoms with Crippen molar-refractivity contribution in [2.45, 2.75) is 6.04 Å². The Morgan fingerprint density at radius 1 is 1.60 bits per heavy atom. The van der Waals surface area contributed by atoms with E-state index in [1.165, 1.54) is 0 Å². The van der Waals surface area contributed by atoms with Crippen LogP contribution < -0.4 is 5.73 Å². The van der Waals surface area contributed by atoms with Gasteiger partial charge >= 0.3 is 5.97 Å². The number of aliphatic carboxylic acids is 1. The van der Waals surface area contributed by atoms with Crippen LogP contribution in [0.15, 0.2) is 22.8 Å². The van der Waals surface area contributed by atoms with Gasteiger partial charge in [-0.2, -0.15) is 5.10 Å². The van der Waals surface area contributed by atoms with Gasteiger partial charge in [0.15, 0.2) is 0 Å². The number of aromatic amines is 1. The first kappa shape index (κ1) is 10.1. The number of benzene rings is 1. The molecule has 0 aliphatic carbocycles. The van der Waals surface area contributed by atoms with Gasteiger partial charge in [0, 0.05) is 9.86 Å². The number of hydrogen-bond acceptors (Lipinski definition) is 3. The van der Waals surface area contributed by atoms with Gasteiger partial charge in [-0.15, -0.1) is 0 Å². The molecule has 0 bridgehead atoms. The summed E-state index contributed by atoms with van der Waals surface area (Å²) >= 11 is 3.32. The Morgan fingerprint density at radius 3 is 3.00 bits per heavy atom. The molecule has 1 heterocycles. The number of nitrogens with two attached hydrogens (primary N) is 1. The average Bonchev–Trinajstić information content (AvgIpc) is 2.64. The van der Waals surface area contributed by atoms with E-state index in [1.54, 1.807) is 18.3 Å². The number of carboxylic acid groups (broad SMARTS) is 1. The zero-order valence-corrected chi connectivity index (χ0v) is 9.15. The lowest BCUT2D eigenvalue weighted by molar-refractivity contribution is -0.138. The summed E-state index contributed by atoms with van der Waals surface area (Å²) in [5.41, 5.74) is 6.89. The van der Waals surface area contributed by atoms with Crippen LogP contribution in [0.2, 0.25) is 0 Å². The van der Waals surface area contributed by atoms with E-state index in [4.69, 9.17) is 10.8 Å². The third-order valence-electron chi connectivity index (χ3n) is 2.15. The zero-order chi connectivity index (χ0) is 11.0. The first-order chi connectivity index (χ1) is 7.09. The molecule has 4 N–H and O–H groups in total. The molecule has 6 heteroatoms. The van der Waals surface area contributed by atoms with E-state index in [1.807, 2.05) is 0 Å². The highest BCUT2D eigenvalue weighted by Gasteiger charge is 2.16. The summed E-state index contributed by atoms with van der Waals surface area (Å²) in [7, 11) is 0. The molecule has 0 fully saturated rings. The number of H-pyrrole nitrogens is 1. The van der Waals surface area contributed by atoms with Crippen LogP contribution in [0, 0.1) is 0 Å². The van der Waals surface area contributed by atoms with Crippen molar-refractivity contribution in [2.24, 2.45) is 5.73 Å². The number of aromatic nitrogens is 2. The highest BCUT2D eigenvalue weighted by Crippen LogP contribution is 2.26.